The van der Waals surface area contributed by atoms with Crippen molar-refractivity contribution in [3.63, 3.8) is 0 Å². The molecule has 9 rings (SSSR count). The first kappa shape index (κ1) is 122. The molecule has 48 nitrogen and oxygen atoms in total. The second kappa shape index (κ2) is 79.2. The van der Waals surface area contributed by atoms with Crippen molar-refractivity contribution in [3.05, 3.63) is 140 Å². The first-order chi connectivity index (χ1) is 55.2. The summed E-state index contributed by atoms with van der Waals surface area (Å²) in [5, 5.41) is 146. The zero-order chi connectivity index (χ0) is 87.4. The van der Waals surface area contributed by atoms with Crippen molar-refractivity contribution in [2.75, 3.05) is 63.0 Å². The molecule has 3 fully saturated rings. The number of piperidine rings is 3. The molecule has 3 atom stereocenters. The molecule has 117 heavy (non-hydrogen) atoms. The zero-order valence-electron chi connectivity index (χ0n) is 66.3. The molecule has 20 N–H and O–H groups in total. The SMILES string of the molecule is CC.CC.CC.CC(C)=C(C)C(=O)N1CCCC(n2nc(-c3ccccc3)c(C(N)=O)c2N)C1.N#CCN1CCCC(n2nc(-c3ccccc3)c(C(N)=O)c2N)C1.N#CN1CCCC(n2nc(-c3ccccc3)c(C(N)=O)c2N)C1.OOO.OOOOOOO.OOOOOOOO.OOOOOOOOO.[CH2-]C.[CH2-]C.[CH2-]C.[W].[W].[W]. The van der Waals surface area contributed by atoms with E-state index in [0.29, 0.717) is 55.6 Å². The van der Waals surface area contributed by atoms with Crippen LogP contribution in [0.3, 0.4) is 0 Å². The summed E-state index contributed by atoms with van der Waals surface area (Å²) in [4.78, 5) is 54.2. The van der Waals surface area contributed by atoms with Crippen LogP contribution in [0.4, 0.5) is 17.5 Å². The van der Waals surface area contributed by atoms with E-state index in [2.05, 4.69) is 149 Å². The molecule has 3 aromatic heterocycles. The minimum atomic E-state index is -0.605. The zero-order valence-corrected chi connectivity index (χ0v) is 75.1. The van der Waals surface area contributed by atoms with Crippen LogP contribution in [0.15, 0.2) is 102 Å². The van der Waals surface area contributed by atoms with Gasteiger partial charge in [-0.15, -0.1) is 0 Å². The van der Waals surface area contributed by atoms with Crippen molar-refractivity contribution in [2.45, 2.75) is 140 Å². The third-order valence-corrected chi connectivity index (χ3v) is 14.3. The minimum absolute atomic E-state index is 0. The number of aromatic nitrogens is 6. The van der Waals surface area contributed by atoms with E-state index in [4.69, 9.17) is 87.0 Å². The van der Waals surface area contributed by atoms with Crippen LogP contribution in [0.25, 0.3) is 33.8 Å². The number of likely N-dealkylation sites (tertiary alicyclic amines) is 3. The number of allylic oxidation sites excluding steroid dienone is 1. The molecule has 3 aromatic carbocycles. The van der Waals surface area contributed by atoms with Crippen LogP contribution in [-0.4, -0.2) is 156 Å². The smallest absolute Gasteiger partial charge is 0.254 e. The summed E-state index contributed by atoms with van der Waals surface area (Å²) in [6, 6.07) is 30.2. The number of nitrogen functional groups attached to an aromatic ring is 3. The van der Waals surface area contributed by atoms with Crippen LogP contribution in [0, 0.1) is 43.6 Å². The Morgan fingerprint density at radius 2 is 0.701 bits per heavy atom. The second-order valence-corrected chi connectivity index (χ2v) is 20.4. The number of anilines is 3. The van der Waals surface area contributed by atoms with Crippen molar-refractivity contribution < 1.29 is 220 Å². The van der Waals surface area contributed by atoms with Crippen LogP contribution >= 0.6 is 0 Å². The minimum Gasteiger partial charge on any atom is -0.383 e. The molecule has 6 aromatic rings. The molecule has 662 valence electrons. The van der Waals surface area contributed by atoms with Gasteiger partial charge in [-0.2, -0.15) is 46.6 Å². The molecule has 0 aliphatic carbocycles. The van der Waals surface area contributed by atoms with E-state index < -0.39 is 17.7 Å². The fourth-order valence-electron chi connectivity index (χ4n) is 9.95. The first-order valence-electron chi connectivity index (χ1n) is 34.0. The summed E-state index contributed by atoms with van der Waals surface area (Å²) in [5.74, 6) is -0.931. The average Bonchev–Trinajstić information content (AvgIpc) is 1.66. The van der Waals surface area contributed by atoms with E-state index >= 15 is 0 Å². The molecular formula is C66H106N17O31W3-3. The van der Waals surface area contributed by atoms with Crippen LogP contribution in [0.1, 0.15) is 171 Å². The van der Waals surface area contributed by atoms with Gasteiger partial charge in [0.2, 0.25) is 5.91 Å². The van der Waals surface area contributed by atoms with Gasteiger partial charge >= 0.3 is 0 Å². The van der Waals surface area contributed by atoms with E-state index in [9.17, 15) is 19.2 Å². The molecule has 4 amide bonds. The third-order valence-electron chi connectivity index (χ3n) is 14.3. The Morgan fingerprint density at radius 3 is 0.974 bits per heavy atom. The predicted octanol–water partition coefficient (Wildman–Crippen LogP) is 9.85. The summed E-state index contributed by atoms with van der Waals surface area (Å²) in [5.41, 5.74) is 41.7. The number of benzene rings is 3. The van der Waals surface area contributed by atoms with Gasteiger partial charge in [-0.05, 0) is 157 Å². The molecule has 0 spiro atoms. The molecular weight excluding hydrogens is 2080 g/mol. The summed E-state index contributed by atoms with van der Waals surface area (Å²) < 4.78 is 5.01. The number of nitrogens with zero attached hydrogens (tertiary/aromatic N) is 11. The average molecular weight is 2190 g/mol. The Balaban J connectivity index is -0.000000252. The van der Waals surface area contributed by atoms with E-state index in [1.165, 1.54) is 0 Å². The van der Waals surface area contributed by atoms with E-state index in [0.717, 1.165) is 79.5 Å². The molecule has 51 heteroatoms. The molecule has 0 bridgehead atoms. The Morgan fingerprint density at radius 1 is 0.436 bits per heavy atom. The van der Waals surface area contributed by atoms with E-state index in [-0.39, 0.29) is 116 Å². The van der Waals surface area contributed by atoms with Crippen molar-refractivity contribution in [3.8, 4) is 46.0 Å². The number of primary amides is 3. The Kier molecular flexibility index (Phi) is 82.7. The van der Waals surface area contributed by atoms with Gasteiger partial charge in [0.05, 0.1) is 37.3 Å². The summed E-state index contributed by atoms with van der Waals surface area (Å²) in [7, 11) is 0. The molecule has 0 saturated carbocycles. The maximum Gasteiger partial charge on any atom is 0.254 e. The number of carbonyl (C=O) groups excluding carboxylic acids is 4. The largest absolute Gasteiger partial charge is 0.383 e. The maximum atomic E-state index is 12.7. The number of amides is 4. The number of carbonyl (C=O) groups is 4. The van der Waals surface area contributed by atoms with Gasteiger partial charge in [0.15, 0.2) is 6.19 Å². The molecule has 0 radical (unpaired) electrons. The summed E-state index contributed by atoms with van der Waals surface area (Å²) >= 11 is 0. The Hall–Kier alpha value is -7.97. The molecule has 3 aliphatic rings. The summed E-state index contributed by atoms with van der Waals surface area (Å²) in [6.07, 6.45) is 7.43. The van der Waals surface area contributed by atoms with E-state index in [1.807, 2.05) is 158 Å². The van der Waals surface area contributed by atoms with Crippen LogP contribution in [-0.2, 0) is 164 Å². The van der Waals surface area contributed by atoms with Gasteiger partial charge in [-0.25, -0.2) is 56.1 Å². The second-order valence-electron chi connectivity index (χ2n) is 20.4. The van der Waals surface area contributed by atoms with Crippen molar-refractivity contribution in [2.24, 2.45) is 17.2 Å². The van der Waals surface area contributed by atoms with Gasteiger partial charge in [0.1, 0.15) is 51.2 Å². The van der Waals surface area contributed by atoms with Crippen molar-refractivity contribution >= 4 is 41.1 Å². The number of hydrogen-bond donors (Lipinski definition) is 14. The van der Waals surface area contributed by atoms with Crippen molar-refractivity contribution in [1.82, 2.24) is 44.0 Å². The van der Waals surface area contributed by atoms with Gasteiger partial charge in [-0.3, -0.25) is 24.1 Å². The van der Waals surface area contributed by atoms with Crippen molar-refractivity contribution in [1.29, 1.82) is 10.5 Å². The molecule has 3 saturated heterocycles. The van der Waals surface area contributed by atoms with E-state index in [1.54, 1.807) is 39.7 Å². The molecule has 3 unspecified atom stereocenters. The monoisotopic (exact) mass is 2180 g/mol. The Labute approximate surface area is 717 Å². The van der Waals surface area contributed by atoms with Gasteiger partial charge in [0, 0.05) is 112 Å². The quantitative estimate of drug-likeness (QED) is 0.00456. The van der Waals surface area contributed by atoms with Crippen LogP contribution in [0.5, 0.6) is 0 Å². The topological polar surface area (TPSA) is 672 Å². The fraction of sp³-hybridized carbons (Fsp3) is 0.424. The molecule has 3 aliphatic heterocycles. The number of hydrogen-bond acceptors (Lipinski definition) is 41. The van der Waals surface area contributed by atoms with Crippen LogP contribution < -0.4 is 34.4 Å². The predicted molar refractivity (Wildman–Crippen MR) is 395 cm³/mol. The maximum absolute atomic E-state index is 12.7. The Bertz CT molecular complexity index is 3560. The third kappa shape index (κ3) is 46.3. The van der Waals surface area contributed by atoms with Gasteiger partial charge < -0.3 is 65.0 Å². The normalized spacial score (nSPS) is 13.7. The summed E-state index contributed by atoms with van der Waals surface area (Å²) in [6.45, 7) is 37.2. The fourth-order valence-corrected chi connectivity index (χ4v) is 9.95. The molecule has 6 heterocycles. The van der Waals surface area contributed by atoms with Gasteiger partial charge in [-0.1, -0.05) is 143 Å². The first-order valence-corrected chi connectivity index (χ1v) is 34.0. The standard InChI is InChI=1S/C21H27N5O2.C17H20N6O.C16H18N6O.3C2H6.3C2H5.H2O9.H2O8.H2O7.H2O3.3W/c1-13(2)14(3)21(28)25-11-7-10-16(12-25)26-19(22)17(20(23)27)18(24-26)15-8-5-4-6-9-15;18-8-10-22-9-4-7-13(11-22)23-16(19)14(17(20)24)15(21-23)12-5-2-1-3-6-12;17-10-21-8-4-7-12(9-21)22-15(18)13(16(19)23)14(20-22)11-5-2-1-3-6-11;6*1-2;1-3-5-7-9-8-6-4-2;1-3-5-7-8-6-4-2;1-3-5-7-6-4-2;1-3-2;;;/h4-6,8-9,16H,7,10-12,22H2,1-3H3,(H2,23,27);1-3,5-6,13H,4,7,9-11,19H2,(H2,20,24);1-3,5-6,12H,4,7-9,18H2,(H2,19,23);3*1-2H3;3*1H2,2H3;1-2H;1-2H;1-2H;1-2H;;;/q;;;;;;3*-1;;;;;;;. The number of nitriles is 2. The number of nitrogens with two attached hydrogens (primary N) is 6. The van der Waals surface area contributed by atoms with Crippen LogP contribution in [0.2, 0.25) is 0 Å². The number of rotatable bonds is 26. The van der Waals surface area contributed by atoms with Gasteiger partial charge in [0.25, 0.3) is 17.7 Å².